The van der Waals surface area contributed by atoms with E-state index >= 15 is 0 Å². The Morgan fingerprint density at radius 1 is 1.41 bits per heavy atom. The zero-order valence-electron chi connectivity index (χ0n) is 12.9. The predicted octanol–water partition coefficient (Wildman–Crippen LogP) is 4.15. The average Bonchev–Trinajstić information content (AvgIpc) is 3.14. The van der Waals surface area contributed by atoms with E-state index in [1.54, 1.807) is 11.3 Å². The molecule has 1 aliphatic carbocycles. The topological polar surface area (TPSA) is 51.2 Å². The number of benzene rings is 1. The summed E-state index contributed by atoms with van der Waals surface area (Å²) in [5.41, 5.74) is 2.20. The van der Waals surface area contributed by atoms with Crippen molar-refractivity contribution in [2.45, 2.75) is 51.5 Å². The summed E-state index contributed by atoms with van der Waals surface area (Å²) < 4.78 is 6.15. The molecule has 0 amide bonds. The van der Waals surface area contributed by atoms with Crippen molar-refractivity contribution in [3.8, 4) is 0 Å². The number of esters is 1. The number of rotatable bonds is 6. The minimum absolute atomic E-state index is 0.129. The lowest BCUT2D eigenvalue weighted by Gasteiger charge is -2.09. The Kier molecular flexibility index (Phi) is 4.93. The molecule has 22 heavy (non-hydrogen) atoms. The molecule has 2 aromatic rings. The van der Waals surface area contributed by atoms with Crippen molar-refractivity contribution in [1.82, 2.24) is 4.98 Å². The van der Waals surface area contributed by atoms with Crippen molar-refractivity contribution < 1.29 is 9.53 Å². The third-order valence-electron chi connectivity index (χ3n) is 4.06. The van der Waals surface area contributed by atoms with Crippen LogP contribution in [0.1, 0.15) is 44.6 Å². The largest absolute Gasteiger partial charge is 0.466 e. The molecule has 1 saturated carbocycles. The predicted molar refractivity (Wildman–Crippen MR) is 90.5 cm³/mol. The summed E-state index contributed by atoms with van der Waals surface area (Å²) in [6.07, 6.45) is 6.30. The van der Waals surface area contributed by atoms with Crippen molar-refractivity contribution in [3.63, 3.8) is 0 Å². The maximum Gasteiger partial charge on any atom is 0.306 e. The third-order valence-corrected chi connectivity index (χ3v) is 5.01. The van der Waals surface area contributed by atoms with Crippen LogP contribution in [0.4, 0.5) is 5.13 Å². The second-order valence-electron chi connectivity index (χ2n) is 5.75. The molecule has 1 heterocycles. The molecule has 1 aromatic carbocycles. The molecule has 0 spiro atoms. The number of anilines is 1. The van der Waals surface area contributed by atoms with Crippen LogP contribution in [0.5, 0.6) is 0 Å². The molecule has 118 valence electrons. The monoisotopic (exact) mass is 318 g/mol. The number of hydrogen-bond donors (Lipinski definition) is 1. The fraction of sp³-hybridized carbons (Fsp3) is 0.529. The molecular formula is C17H22N2O2S. The highest BCUT2D eigenvalue weighted by Gasteiger charge is 2.16. The van der Waals surface area contributed by atoms with Gasteiger partial charge in [-0.15, -0.1) is 0 Å². The highest BCUT2D eigenvalue weighted by atomic mass is 32.1. The highest BCUT2D eigenvalue weighted by molar-refractivity contribution is 7.22. The Hall–Kier alpha value is -1.62. The number of nitrogens with one attached hydrogen (secondary N) is 1. The Morgan fingerprint density at radius 2 is 2.23 bits per heavy atom. The summed E-state index contributed by atoms with van der Waals surface area (Å²) in [5, 5.41) is 4.57. The van der Waals surface area contributed by atoms with Gasteiger partial charge in [0, 0.05) is 12.5 Å². The van der Waals surface area contributed by atoms with Crippen molar-refractivity contribution in [1.29, 1.82) is 0 Å². The fourth-order valence-electron chi connectivity index (χ4n) is 2.91. The van der Waals surface area contributed by atoms with Gasteiger partial charge in [-0.2, -0.15) is 0 Å². The first-order valence-corrected chi connectivity index (χ1v) is 8.88. The molecule has 1 aromatic heterocycles. The molecule has 3 rings (SSSR count). The smallest absolute Gasteiger partial charge is 0.306 e. The summed E-state index contributed by atoms with van der Waals surface area (Å²) in [7, 11) is 0. The number of nitrogens with zero attached hydrogens (tertiary/aromatic N) is 1. The van der Waals surface area contributed by atoms with Crippen LogP contribution in [-0.4, -0.2) is 23.6 Å². The molecule has 0 unspecified atom stereocenters. The molecule has 4 nitrogen and oxygen atoms in total. The van der Waals surface area contributed by atoms with E-state index < -0.39 is 0 Å². The van der Waals surface area contributed by atoms with Crippen LogP contribution < -0.4 is 5.32 Å². The molecule has 1 fully saturated rings. The van der Waals surface area contributed by atoms with Gasteiger partial charge in [-0.05, 0) is 43.9 Å². The van der Waals surface area contributed by atoms with Gasteiger partial charge in [-0.25, -0.2) is 4.98 Å². The van der Waals surface area contributed by atoms with E-state index in [-0.39, 0.29) is 5.97 Å². The summed E-state index contributed by atoms with van der Waals surface area (Å²) >= 11 is 1.70. The first kappa shape index (κ1) is 15.3. The van der Waals surface area contributed by atoms with Crippen LogP contribution >= 0.6 is 11.3 Å². The molecular weight excluding hydrogens is 296 g/mol. The SMILES string of the molecule is CCOC(=O)CCc1ccc2nc(NC3CCCC3)sc2c1. The van der Waals surface area contributed by atoms with E-state index in [9.17, 15) is 4.79 Å². The minimum atomic E-state index is -0.129. The van der Waals surface area contributed by atoms with E-state index in [0.717, 1.165) is 22.6 Å². The van der Waals surface area contributed by atoms with Crippen molar-refractivity contribution in [2.75, 3.05) is 11.9 Å². The van der Waals surface area contributed by atoms with Gasteiger partial charge in [-0.3, -0.25) is 4.79 Å². The molecule has 1 N–H and O–H groups in total. The summed E-state index contributed by atoms with van der Waals surface area (Å²) in [4.78, 5) is 16.1. The number of fused-ring (bicyclic) bond motifs is 1. The molecule has 0 radical (unpaired) electrons. The Labute approximate surface area is 134 Å². The first-order valence-electron chi connectivity index (χ1n) is 8.06. The van der Waals surface area contributed by atoms with Gasteiger partial charge in [0.15, 0.2) is 5.13 Å². The number of carbonyl (C=O) groups excluding carboxylic acids is 1. The second-order valence-corrected chi connectivity index (χ2v) is 6.78. The van der Waals surface area contributed by atoms with Gasteiger partial charge in [0.05, 0.1) is 16.8 Å². The van der Waals surface area contributed by atoms with Gasteiger partial charge in [-0.1, -0.05) is 30.2 Å². The van der Waals surface area contributed by atoms with Crippen LogP contribution in [-0.2, 0) is 16.0 Å². The van der Waals surface area contributed by atoms with Crippen molar-refractivity contribution in [3.05, 3.63) is 23.8 Å². The van der Waals surface area contributed by atoms with Gasteiger partial charge in [0.2, 0.25) is 0 Å². The lowest BCUT2D eigenvalue weighted by Crippen LogP contribution is -2.13. The molecule has 0 saturated heterocycles. The number of hydrogen-bond acceptors (Lipinski definition) is 5. The molecule has 5 heteroatoms. The second kappa shape index (κ2) is 7.09. The number of aromatic nitrogens is 1. The van der Waals surface area contributed by atoms with Gasteiger partial charge >= 0.3 is 5.97 Å². The molecule has 0 atom stereocenters. The van der Waals surface area contributed by atoms with Gasteiger partial charge in [0.25, 0.3) is 0 Å². The van der Waals surface area contributed by atoms with E-state index in [2.05, 4.69) is 22.4 Å². The van der Waals surface area contributed by atoms with E-state index in [4.69, 9.17) is 4.74 Å². The van der Waals surface area contributed by atoms with Crippen LogP contribution in [0.3, 0.4) is 0 Å². The number of thiazole rings is 1. The van der Waals surface area contributed by atoms with Crippen molar-refractivity contribution in [2.24, 2.45) is 0 Å². The molecule has 0 aliphatic heterocycles. The number of ether oxygens (including phenoxy) is 1. The number of carbonyl (C=O) groups is 1. The van der Waals surface area contributed by atoms with Crippen LogP contribution in [0.25, 0.3) is 10.2 Å². The van der Waals surface area contributed by atoms with Crippen LogP contribution in [0, 0.1) is 0 Å². The van der Waals surface area contributed by atoms with Crippen molar-refractivity contribution >= 4 is 32.7 Å². The van der Waals surface area contributed by atoms with Crippen LogP contribution in [0.15, 0.2) is 18.2 Å². The average molecular weight is 318 g/mol. The molecule has 0 bridgehead atoms. The van der Waals surface area contributed by atoms with E-state index in [0.29, 0.717) is 19.1 Å². The lowest BCUT2D eigenvalue weighted by atomic mass is 10.1. The Bertz CT molecular complexity index is 647. The van der Waals surface area contributed by atoms with E-state index in [1.807, 2.05) is 13.0 Å². The van der Waals surface area contributed by atoms with Crippen LogP contribution in [0.2, 0.25) is 0 Å². The fourth-order valence-corrected chi connectivity index (χ4v) is 3.92. The maximum absolute atomic E-state index is 11.4. The normalized spacial score (nSPS) is 15.3. The lowest BCUT2D eigenvalue weighted by molar-refractivity contribution is -0.143. The summed E-state index contributed by atoms with van der Waals surface area (Å²) in [6.45, 7) is 2.28. The van der Waals surface area contributed by atoms with E-state index in [1.165, 1.54) is 30.4 Å². The standard InChI is InChI=1S/C17H22N2O2S/c1-2-21-16(20)10-8-12-7-9-14-15(11-12)22-17(19-14)18-13-5-3-4-6-13/h7,9,11,13H,2-6,8,10H2,1H3,(H,18,19). The van der Waals surface area contributed by atoms with Gasteiger partial charge < -0.3 is 10.1 Å². The third kappa shape index (κ3) is 3.77. The van der Waals surface area contributed by atoms with Gasteiger partial charge in [0.1, 0.15) is 0 Å². The highest BCUT2D eigenvalue weighted by Crippen LogP contribution is 2.30. The zero-order chi connectivity index (χ0) is 15.4. The summed E-state index contributed by atoms with van der Waals surface area (Å²) in [5.74, 6) is -0.129. The Balaban J connectivity index is 1.65. The quantitative estimate of drug-likeness (QED) is 0.813. The summed E-state index contributed by atoms with van der Waals surface area (Å²) in [6, 6.07) is 6.84. The minimum Gasteiger partial charge on any atom is -0.466 e. The maximum atomic E-state index is 11.4. The molecule has 1 aliphatic rings. The Morgan fingerprint density at radius 3 is 3.00 bits per heavy atom. The first-order chi connectivity index (χ1) is 10.7. The zero-order valence-corrected chi connectivity index (χ0v) is 13.7. The number of aryl methyl sites for hydroxylation is 1.